The minimum Gasteiger partial charge on any atom is -0.452 e. The first-order valence-corrected chi connectivity index (χ1v) is 10.6. The van der Waals surface area contributed by atoms with Crippen molar-refractivity contribution >= 4 is 17.9 Å². The van der Waals surface area contributed by atoms with Crippen LogP contribution in [0.3, 0.4) is 0 Å². The summed E-state index contributed by atoms with van der Waals surface area (Å²) in [6, 6.07) is 24.1. The Morgan fingerprint density at radius 3 is 1.44 bits per heavy atom. The predicted octanol–water partition coefficient (Wildman–Crippen LogP) is 3.99. The molecule has 3 aromatic carbocycles. The van der Waals surface area contributed by atoms with Crippen molar-refractivity contribution in [2.45, 2.75) is 24.7 Å². The van der Waals surface area contributed by atoms with Gasteiger partial charge in [0.2, 0.25) is 6.36 Å². The molecule has 0 radical (unpaired) electrons. The molecule has 0 saturated carbocycles. The van der Waals surface area contributed by atoms with Gasteiger partial charge in [0.15, 0.2) is 18.3 Å². The van der Waals surface area contributed by atoms with Gasteiger partial charge in [-0.05, 0) is 36.4 Å². The van der Waals surface area contributed by atoms with E-state index < -0.39 is 49.2 Å². The van der Waals surface area contributed by atoms with Gasteiger partial charge in [0.1, 0.15) is 0 Å². The van der Waals surface area contributed by atoms with Gasteiger partial charge in [-0.15, -0.1) is 0 Å². The fourth-order valence-corrected chi connectivity index (χ4v) is 3.41. The highest BCUT2D eigenvalue weighted by Gasteiger charge is 2.48. The van der Waals surface area contributed by atoms with Gasteiger partial charge in [-0.2, -0.15) is 0 Å². The van der Waals surface area contributed by atoms with Crippen LogP contribution in [-0.2, 0) is 18.9 Å². The number of carbonyl (C=O) groups excluding carboxylic acids is 3. The second-order valence-electron chi connectivity index (χ2n) is 7.47. The van der Waals surface area contributed by atoms with Gasteiger partial charge in [0, 0.05) is 0 Å². The van der Waals surface area contributed by atoms with Crippen LogP contribution in [0.25, 0.3) is 0 Å². The van der Waals surface area contributed by atoms with E-state index >= 15 is 0 Å². The minimum absolute atomic E-state index is 0.172. The van der Waals surface area contributed by atoms with E-state index in [1.165, 1.54) is 24.3 Å². The molecule has 4 rings (SSSR count). The molecular formula is C26H21FO7. The number of carbonyl (C=O) groups is 3. The zero-order valence-electron chi connectivity index (χ0n) is 17.9. The molecule has 4 atom stereocenters. The van der Waals surface area contributed by atoms with Crippen molar-refractivity contribution in [3.05, 3.63) is 108 Å². The molecule has 1 saturated heterocycles. The van der Waals surface area contributed by atoms with Gasteiger partial charge >= 0.3 is 17.9 Å². The Morgan fingerprint density at radius 1 is 0.618 bits per heavy atom. The van der Waals surface area contributed by atoms with Crippen molar-refractivity contribution in [3.63, 3.8) is 0 Å². The number of hydrogen-bond acceptors (Lipinski definition) is 7. The number of benzene rings is 3. The lowest BCUT2D eigenvalue weighted by atomic mass is 10.0. The van der Waals surface area contributed by atoms with Crippen LogP contribution in [0.15, 0.2) is 91.0 Å². The Morgan fingerprint density at radius 2 is 1.00 bits per heavy atom. The molecule has 1 fully saturated rings. The third kappa shape index (κ3) is 5.47. The molecular weight excluding hydrogens is 443 g/mol. The monoisotopic (exact) mass is 464 g/mol. The summed E-state index contributed by atoms with van der Waals surface area (Å²) in [5.41, 5.74) is 0.618. The molecule has 34 heavy (non-hydrogen) atoms. The summed E-state index contributed by atoms with van der Waals surface area (Å²) in [7, 11) is 0. The first-order valence-electron chi connectivity index (χ1n) is 10.6. The first kappa shape index (κ1) is 23.1. The average Bonchev–Trinajstić information content (AvgIpc) is 2.89. The molecule has 0 aliphatic carbocycles. The molecule has 3 aromatic rings. The van der Waals surface area contributed by atoms with Crippen LogP contribution < -0.4 is 0 Å². The smallest absolute Gasteiger partial charge is 0.338 e. The minimum atomic E-state index is -2.10. The second kappa shape index (κ2) is 10.7. The lowest BCUT2D eigenvalue weighted by molar-refractivity contribution is -0.225. The number of rotatable bonds is 6. The van der Waals surface area contributed by atoms with Crippen LogP contribution in [0, 0.1) is 0 Å². The number of hydrogen-bond donors (Lipinski definition) is 0. The van der Waals surface area contributed by atoms with Crippen LogP contribution in [0.5, 0.6) is 0 Å². The molecule has 0 aromatic heterocycles. The van der Waals surface area contributed by atoms with Crippen LogP contribution in [0.1, 0.15) is 31.1 Å². The van der Waals surface area contributed by atoms with Crippen LogP contribution >= 0.6 is 0 Å². The fraction of sp³-hybridized carbons (Fsp3) is 0.192. The Bertz CT molecular complexity index is 1120. The molecule has 174 valence electrons. The zero-order valence-corrected chi connectivity index (χ0v) is 17.9. The quantitative estimate of drug-likeness (QED) is 0.403. The van der Waals surface area contributed by atoms with Crippen molar-refractivity contribution in [2.24, 2.45) is 0 Å². The predicted molar refractivity (Wildman–Crippen MR) is 118 cm³/mol. The maximum Gasteiger partial charge on any atom is 0.338 e. The lowest BCUT2D eigenvalue weighted by Crippen LogP contribution is -2.56. The zero-order chi connectivity index (χ0) is 23.9. The third-order valence-corrected chi connectivity index (χ3v) is 5.14. The van der Waals surface area contributed by atoms with E-state index in [4.69, 9.17) is 18.9 Å². The summed E-state index contributed by atoms with van der Waals surface area (Å²) in [5.74, 6) is -2.35. The molecule has 0 amide bonds. The average molecular weight is 464 g/mol. The van der Waals surface area contributed by atoms with Gasteiger partial charge < -0.3 is 18.9 Å². The standard InChI is InChI=1S/C26H21FO7/c27-23-22(34-26(30)19-14-8-3-9-15-19)21(33-25(29)18-12-6-2-7-13-18)20(16-31-23)32-24(28)17-10-4-1-5-11-17/h1-15,20-23H,16H2/t20-,21-,22+,23-/m1/s1. The molecule has 0 N–H and O–H groups in total. The van der Waals surface area contributed by atoms with E-state index in [0.29, 0.717) is 0 Å². The van der Waals surface area contributed by atoms with E-state index in [0.717, 1.165) is 0 Å². The highest BCUT2D eigenvalue weighted by atomic mass is 19.1. The number of alkyl halides is 1. The largest absolute Gasteiger partial charge is 0.452 e. The molecule has 7 nitrogen and oxygen atoms in total. The van der Waals surface area contributed by atoms with Crippen molar-refractivity contribution in [1.82, 2.24) is 0 Å². The number of ether oxygens (including phenoxy) is 4. The van der Waals surface area contributed by atoms with Gasteiger partial charge in [-0.3, -0.25) is 0 Å². The van der Waals surface area contributed by atoms with E-state index in [-0.39, 0.29) is 16.7 Å². The van der Waals surface area contributed by atoms with Gasteiger partial charge in [-0.1, -0.05) is 54.6 Å². The van der Waals surface area contributed by atoms with E-state index in [9.17, 15) is 18.8 Å². The van der Waals surface area contributed by atoms with Gasteiger partial charge in [0.05, 0.1) is 23.3 Å². The normalized spacial score (nSPS) is 21.8. The molecule has 0 bridgehead atoms. The Kier molecular flexibility index (Phi) is 7.29. The molecule has 1 heterocycles. The van der Waals surface area contributed by atoms with Crippen LogP contribution in [0.2, 0.25) is 0 Å². The van der Waals surface area contributed by atoms with Crippen molar-refractivity contribution in [1.29, 1.82) is 0 Å². The molecule has 8 heteroatoms. The van der Waals surface area contributed by atoms with Gasteiger partial charge in [-0.25, -0.2) is 18.8 Å². The third-order valence-electron chi connectivity index (χ3n) is 5.14. The Labute approximate surface area is 195 Å². The summed E-state index contributed by atoms with van der Waals surface area (Å²) in [6.45, 7) is -0.397. The molecule has 0 spiro atoms. The maximum atomic E-state index is 14.8. The summed E-state index contributed by atoms with van der Waals surface area (Å²) < 4.78 is 36.3. The molecule has 1 aliphatic rings. The van der Waals surface area contributed by atoms with E-state index in [1.807, 2.05) is 0 Å². The number of esters is 3. The maximum absolute atomic E-state index is 14.8. The summed E-state index contributed by atoms with van der Waals surface area (Å²) in [5, 5.41) is 0. The van der Waals surface area contributed by atoms with Crippen molar-refractivity contribution < 1.29 is 37.7 Å². The summed E-state index contributed by atoms with van der Waals surface area (Å²) in [6.07, 6.45) is -6.44. The van der Waals surface area contributed by atoms with Crippen molar-refractivity contribution in [3.8, 4) is 0 Å². The SMILES string of the molecule is O=C(O[C@H]1[C@H](OC(=O)c2ccccc2)[C@H](OC(=O)c2ccccc2)CO[C@H]1F)c1ccccc1. The van der Waals surface area contributed by atoms with Crippen molar-refractivity contribution in [2.75, 3.05) is 6.61 Å². The highest BCUT2D eigenvalue weighted by molar-refractivity contribution is 5.91. The second-order valence-corrected chi connectivity index (χ2v) is 7.47. The molecule has 0 unspecified atom stereocenters. The number of halogens is 1. The summed E-state index contributed by atoms with van der Waals surface area (Å²) >= 11 is 0. The van der Waals surface area contributed by atoms with E-state index in [1.54, 1.807) is 66.7 Å². The fourth-order valence-electron chi connectivity index (χ4n) is 3.41. The summed E-state index contributed by atoms with van der Waals surface area (Å²) in [4.78, 5) is 38.0. The topological polar surface area (TPSA) is 88.1 Å². The van der Waals surface area contributed by atoms with Gasteiger partial charge in [0.25, 0.3) is 0 Å². The van der Waals surface area contributed by atoms with E-state index in [2.05, 4.69) is 0 Å². The first-order chi connectivity index (χ1) is 16.5. The molecule has 1 aliphatic heterocycles. The van der Waals surface area contributed by atoms with Crippen LogP contribution in [0.4, 0.5) is 4.39 Å². The highest BCUT2D eigenvalue weighted by Crippen LogP contribution is 2.27. The van der Waals surface area contributed by atoms with Crippen LogP contribution in [-0.4, -0.2) is 49.2 Å². The lowest BCUT2D eigenvalue weighted by Gasteiger charge is -2.37. The Balaban J connectivity index is 1.59. The Hall–Kier alpha value is -4.04.